The molecule has 1 aliphatic heterocycles. The minimum atomic E-state index is -1.07. The smallest absolute Gasteiger partial charge is 0.128 e. The SMILES string of the molecule is OC[C@H]1O[C@@H](c2cc(I)ccn2)[C@H](O)[C@@H]1O. The summed E-state index contributed by atoms with van der Waals surface area (Å²) in [5, 5.41) is 28.3. The van der Waals surface area contributed by atoms with E-state index < -0.39 is 24.4 Å². The van der Waals surface area contributed by atoms with E-state index in [1.807, 2.05) is 6.07 Å². The molecule has 6 heteroatoms. The van der Waals surface area contributed by atoms with E-state index in [0.29, 0.717) is 5.69 Å². The van der Waals surface area contributed by atoms with Crippen molar-refractivity contribution >= 4 is 22.6 Å². The summed E-state index contributed by atoms with van der Waals surface area (Å²) < 4.78 is 6.33. The molecule has 0 saturated carbocycles. The Hall–Kier alpha value is -0.280. The molecule has 0 spiro atoms. The lowest BCUT2D eigenvalue weighted by Gasteiger charge is -2.13. The average Bonchev–Trinajstić information content (AvgIpc) is 2.56. The van der Waals surface area contributed by atoms with Gasteiger partial charge in [-0.25, -0.2) is 0 Å². The summed E-state index contributed by atoms with van der Waals surface area (Å²) >= 11 is 2.13. The van der Waals surface area contributed by atoms with E-state index in [2.05, 4.69) is 27.6 Å². The molecule has 2 rings (SSSR count). The van der Waals surface area contributed by atoms with Crippen LogP contribution in [0.1, 0.15) is 11.8 Å². The van der Waals surface area contributed by atoms with Crippen molar-refractivity contribution in [2.24, 2.45) is 0 Å². The van der Waals surface area contributed by atoms with E-state index in [4.69, 9.17) is 9.84 Å². The maximum atomic E-state index is 9.77. The second-order valence-electron chi connectivity index (χ2n) is 3.66. The second-order valence-corrected chi connectivity index (χ2v) is 4.90. The van der Waals surface area contributed by atoms with E-state index in [0.717, 1.165) is 3.57 Å². The van der Waals surface area contributed by atoms with Crippen molar-refractivity contribution in [1.82, 2.24) is 4.98 Å². The van der Waals surface area contributed by atoms with Crippen LogP contribution in [0.2, 0.25) is 0 Å². The number of pyridine rings is 1. The van der Waals surface area contributed by atoms with Crippen LogP contribution in [0.25, 0.3) is 0 Å². The third kappa shape index (κ3) is 2.21. The van der Waals surface area contributed by atoms with Crippen LogP contribution in [0.4, 0.5) is 0 Å². The molecule has 5 nitrogen and oxygen atoms in total. The molecular formula is C10H12INO4. The van der Waals surface area contributed by atoms with Gasteiger partial charge >= 0.3 is 0 Å². The van der Waals surface area contributed by atoms with Crippen LogP contribution in [0, 0.1) is 3.57 Å². The van der Waals surface area contributed by atoms with Gasteiger partial charge in [0.05, 0.1) is 12.3 Å². The molecule has 0 amide bonds. The van der Waals surface area contributed by atoms with E-state index in [-0.39, 0.29) is 6.61 Å². The first-order chi connectivity index (χ1) is 7.63. The monoisotopic (exact) mass is 337 g/mol. The molecule has 4 atom stereocenters. The van der Waals surface area contributed by atoms with Gasteiger partial charge in [-0.3, -0.25) is 4.98 Å². The minimum absolute atomic E-state index is 0.321. The summed E-state index contributed by atoms with van der Waals surface area (Å²) in [6, 6.07) is 3.60. The van der Waals surface area contributed by atoms with Gasteiger partial charge in [-0.15, -0.1) is 0 Å². The van der Waals surface area contributed by atoms with Crippen molar-refractivity contribution < 1.29 is 20.1 Å². The number of aliphatic hydroxyl groups excluding tert-OH is 3. The van der Waals surface area contributed by atoms with Crippen LogP contribution < -0.4 is 0 Å². The van der Waals surface area contributed by atoms with E-state index in [1.54, 1.807) is 12.3 Å². The zero-order valence-corrected chi connectivity index (χ0v) is 10.5. The van der Waals surface area contributed by atoms with Crippen LogP contribution >= 0.6 is 22.6 Å². The summed E-state index contributed by atoms with van der Waals surface area (Å²) in [7, 11) is 0. The van der Waals surface area contributed by atoms with E-state index in [1.165, 1.54) is 0 Å². The number of halogens is 1. The van der Waals surface area contributed by atoms with Gasteiger partial charge in [-0.05, 0) is 34.7 Å². The molecular weight excluding hydrogens is 325 g/mol. The van der Waals surface area contributed by atoms with Gasteiger partial charge in [0.2, 0.25) is 0 Å². The van der Waals surface area contributed by atoms with Crippen LogP contribution in [0.5, 0.6) is 0 Å². The second kappa shape index (κ2) is 4.92. The minimum Gasteiger partial charge on any atom is -0.394 e. The Morgan fingerprint density at radius 2 is 2.12 bits per heavy atom. The maximum Gasteiger partial charge on any atom is 0.128 e. The summed E-state index contributed by atoms with van der Waals surface area (Å²) in [5.74, 6) is 0. The van der Waals surface area contributed by atoms with Crippen molar-refractivity contribution in [3.63, 3.8) is 0 Å². The molecule has 1 aromatic rings. The molecule has 0 aromatic carbocycles. The van der Waals surface area contributed by atoms with Crippen molar-refractivity contribution in [3.8, 4) is 0 Å². The third-order valence-corrected chi connectivity index (χ3v) is 3.25. The Balaban J connectivity index is 2.23. The largest absolute Gasteiger partial charge is 0.394 e. The number of hydrogen-bond acceptors (Lipinski definition) is 5. The number of nitrogens with zero attached hydrogens (tertiary/aromatic N) is 1. The fourth-order valence-corrected chi connectivity index (χ4v) is 2.20. The first-order valence-corrected chi connectivity index (χ1v) is 5.95. The first kappa shape index (κ1) is 12.2. The fraction of sp³-hybridized carbons (Fsp3) is 0.500. The van der Waals surface area contributed by atoms with E-state index in [9.17, 15) is 10.2 Å². The quantitative estimate of drug-likeness (QED) is 0.654. The van der Waals surface area contributed by atoms with Crippen molar-refractivity contribution in [2.45, 2.75) is 24.4 Å². The van der Waals surface area contributed by atoms with Gasteiger partial charge in [0.1, 0.15) is 24.4 Å². The van der Waals surface area contributed by atoms with Gasteiger partial charge in [0.25, 0.3) is 0 Å². The van der Waals surface area contributed by atoms with Crippen LogP contribution in [-0.2, 0) is 4.74 Å². The molecule has 1 aromatic heterocycles. The number of rotatable bonds is 2. The van der Waals surface area contributed by atoms with Crippen LogP contribution in [0.3, 0.4) is 0 Å². The zero-order valence-electron chi connectivity index (χ0n) is 8.32. The highest BCUT2D eigenvalue weighted by Gasteiger charge is 2.43. The van der Waals surface area contributed by atoms with Gasteiger partial charge in [0.15, 0.2) is 0 Å². The van der Waals surface area contributed by atoms with Crippen molar-refractivity contribution in [3.05, 3.63) is 27.6 Å². The summed E-state index contributed by atoms with van der Waals surface area (Å²) in [4.78, 5) is 4.09. The molecule has 1 saturated heterocycles. The maximum absolute atomic E-state index is 9.77. The third-order valence-electron chi connectivity index (χ3n) is 2.58. The predicted molar refractivity (Wildman–Crippen MR) is 63.7 cm³/mol. The Kier molecular flexibility index (Phi) is 3.75. The number of hydrogen-bond donors (Lipinski definition) is 3. The first-order valence-electron chi connectivity index (χ1n) is 4.87. The Morgan fingerprint density at radius 3 is 2.69 bits per heavy atom. The standard InChI is InChI=1S/C10H12INO4/c11-5-1-2-12-6(3-5)10-9(15)8(14)7(4-13)16-10/h1-3,7-10,13-15H,4H2/t7-,8-,9-,10+/m1/s1. The number of aliphatic hydroxyl groups is 3. The van der Waals surface area contributed by atoms with Crippen LogP contribution in [-0.4, -0.2) is 45.2 Å². The topological polar surface area (TPSA) is 82.8 Å². The molecule has 3 N–H and O–H groups in total. The highest BCUT2D eigenvalue weighted by molar-refractivity contribution is 14.1. The molecule has 88 valence electrons. The van der Waals surface area contributed by atoms with Crippen LogP contribution in [0.15, 0.2) is 18.3 Å². The van der Waals surface area contributed by atoms with Gasteiger partial charge in [-0.1, -0.05) is 0 Å². The molecule has 1 fully saturated rings. The van der Waals surface area contributed by atoms with Gasteiger partial charge in [-0.2, -0.15) is 0 Å². The Morgan fingerprint density at radius 1 is 1.38 bits per heavy atom. The predicted octanol–water partition coefficient (Wildman–Crippen LogP) is -0.160. The summed E-state index contributed by atoms with van der Waals surface area (Å²) in [6.45, 7) is -0.321. The lowest BCUT2D eigenvalue weighted by atomic mass is 10.1. The van der Waals surface area contributed by atoms with Crippen molar-refractivity contribution in [2.75, 3.05) is 6.61 Å². The molecule has 16 heavy (non-hydrogen) atoms. The number of aromatic nitrogens is 1. The highest BCUT2D eigenvalue weighted by Crippen LogP contribution is 2.32. The molecule has 0 radical (unpaired) electrons. The molecule has 2 heterocycles. The zero-order chi connectivity index (χ0) is 11.7. The molecule has 0 unspecified atom stereocenters. The van der Waals surface area contributed by atoms with Gasteiger partial charge in [0, 0.05) is 9.77 Å². The highest BCUT2D eigenvalue weighted by atomic mass is 127. The summed E-state index contributed by atoms with van der Waals surface area (Å²) in [5.41, 5.74) is 0.564. The van der Waals surface area contributed by atoms with Crippen molar-refractivity contribution in [1.29, 1.82) is 0 Å². The fourth-order valence-electron chi connectivity index (χ4n) is 1.72. The van der Waals surface area contributed by atoms with Gasteiger partial charge < -0.3 is 20.1 Å². The van der Waals surface area contributed by atoms with E-state index >= 15 is 0 Å². The Labute approximate surface area is 106 Å². The molecule has 1 aliphatic rings. The molecule has 0 aliphatic carbocycles. The average molecular weight is 337 g/mol. The Bertz CT molecular complexity index is 376. The summed E-state index contributed by atoms with van der Waals surface area (Å²) in [6.07, 6.45) is -1.94. The lowest BCUT2D eigenvalue weighted by molar-refractivity contribution is -0.0239. The number of ether oxygens (including phenoxy) is 1. The lowest BCUT2D eigenvalue weighted by Crippen LogP contribution is -2.32. The molecule has 0 bridgehead atoms. The normalized spacial score (nSPS) is 34.2.